The molecule has 2 N–H and O–H groups in total. The summed E-state index contributed by atoms with van der Waals surface area (Å²) in [5, 5.41) is 14.3. The predicted molar refractivity (Wildman–Crippen MR) is 124 cm³/mol. The molecule has 156 valence electrons. The van der Waals surface area contributed by atoms with Crippen molar-refractivity contribution in [2.45, 2.75) is 58.6 Å². The van der Waals surface area contributed by atoms with Crippen molar-refractivity contribution in [3.05, 3.63) is 58.1 Å². The first kappa shape index (κ1) is 19.6. The Morgan fingerprint density at radius 1 is 1.13 bits per heavy atom. The van der Waals surface area contributed by atoms with Crippen molar-refractivity contribution in [2.75, 3.05) is 5.32 Å². The van der Waals surface area contributed by atoms with Crippen LogP contribution >= 0.6 is 11.6 Å². The zero-order chi connectivity index (χ0) is 21.2. The van der Waals surface area contributed by atoms with Crippen LogP contribution in [-0.4, -0.2) is 10.6 Å². The molecule has 2 unspecified atom stereocenters. The van der Waals surface area contributed by atoms with Gasteiger partial charge in [0.05, 0.1) is 10.6 Å². The molecule has 0 bridgehead atoms. The maximum atomic E-state index is 10.3. The van der Waals surface area contributed by atoms with Gasteiger partial charge >= 0.3 is 0 Å². The Balaban J connectivity index is 1.79. The van der Waals surface area contributed by atoms with Gasteiger partial charge in [-0.2, -0.15) is 0 Å². The maximum absolute atomic E-state index is 10.3. The fourth-order valence-electron chi connectivity index (χ4n) is 5.44. The summed E-state index contributed by atoms with van der Waals surface area (Å²) in [6, 6.07) is 7.74. The smallest absolute Gasteiger partial charge is 0.135 e. The highest BCUT2D eigenvalue weighted by Crippen LogP contribution is 2.55. The van der Waals surface area contributed by atoms with Crippen LogP contribution in [0, 0.1) is 5.92 Å². The Morgan fingerprint density at radius 2 is 1.93 bits per heavy atom. The third kappa shape index (κ3) is 3.02. The first-order chi connectivity index (χ1) is 14.2. The summed E-state index contributed by atoms with van der Waals surface area (Å²) in [5.41, 5.74) is 7.94. The van der Waals surface area contributed by atoms with E-state index in [2.05, 4.69) is 57.3 Å². The summed E-state index contributed by atoms with van der Waals surface area (Å²) in [6.07, 6.45) is 8.05. The topological polar surface area (TPSA) is 41.5 Å². The molecular formula is C26H28ClNO2. The van der Waals surface area contributed by atoms with Crippen molar-refractivity contribution in [1.29, 1.82) is 0 Å². The molecule has 0 radical (unpaired) electrons. The monoisotopic (exact) mass is 421 g/mol. The lowest BCUT2D eigenvalue weighted by molar-refractivity contribution is 0.145. The highest BCUT2D eigenvalue weighted by molar-refractivity contribution is 6.35. The Bertz CT molecular complexity index is 1110. The third-order valence-corrected chi connectivity index (χ3v) is 6.94. The molecule has 2 heterocycles. The van der Waals surface area contributed by atoms with E-state index in [-0.39, 0.29) is 17.4 Å². The Labute approximate surface area is 183 Å². The van der Waals surface area contributed by atoms with Crippen LogP contribution in [0.1, 0.15) is 64.2 Å². The summed E-state index contributed by atoms with van der Waals surface area (Å²) >= 11 is 6.59. The molecule has 5 rings (SSSR count). The average Bonchev–Trinajstić information content (AvgIpc) is 2.68. The van der Waals surface area contributed by atoms with Gasteiger partial charge in [0.2, 0.25) is 0 Å². The lowest BCUT2D eigenvalue weighted by atomic mass is 9.76. The van der Waals surface area contributed by atoms with Crippen molar-refractivity contribution < 1.29 is 9.84 Å². The minimum absolute atomic E-state index is 0.0790. The number of phenols is 1. The van der Waals surface area contributed by atoms with Gasteiger partial charge in [-0.05, 0) is 76.3 Å². The van der Waals surface area contributed by atoms with Crippen LogP contribution < -0.4 is 10.1 Å². The number of nitrogens with one attached hydrogen (secondary N) is 1. The van der Waals surface area contributed by atoms with E-state index in [1.165, 1.54) is 28.7 Å². The summed E-state index contributed by atoms with van der Waals surface area (Å²) in [7, 11) is 0. The molecule has 1 aliphatic carbocycles. The molecule has 30 heavy (non-hydrogen) atoms. The quantitative estimate of drug-likeness (QED) is 0.468. The summed E-state index contributed by atoms with van der Waals surface area (Å²) in [5.74, 6) is 1.14. The standard InChI is InChI=1S/C26H28ClNO2/c1-14-6-5-7-16(12-14)25-23-17(22-20(30-25)11-10-19(29)24(22)27)8-9-18-21(23)15(2)13-26(3,4)28-18/h8-13,16,25,28-29H,5-7H2,1-4H3. The molecule has 2 atom stereocenters. The molecule has 2 aromatic carbocycles. The minimum atomic E-state index is -0.106. The van der Waals surface area contributed by atoms with Gasteiger partial charge in [0.25, 0.3) is 0 Å². The van der Waals surface area contributed by atoms with Crippen molar-refractivity contribution in [2.24, 2.45) is 5.92 Å². The molecule has 3 nitrogen and oxygen atoms in total. The fraction of sp³-hybridized carbons (Fsp3) is 0.385. The number of hydrogen-bond donors (Lipinski definition) is 2. The van der Waals surface area contributed by atoms with Crippen LogP contribution in [0.15, 0.2) is 42.0 Å². The number of anilines is 1. The van der Waals surface area contributed by atoms with Crippen molar-refractivity contribution in [3.63, 3.8) is 0 Å². The number of phenolic OH excluding ortho intramolecular Hbond substituents is 1. The molecule has 3 aliphatic rings. The van der Waals surface area contributed by atoms with Gasteiger partial charge in [0, 0.05) is 28.3 Å². The summed E-state index contributed by atoms with van der Waals surface area (Å²) in [6.45, 7) is 8.77. The second-order valence-corrected chi connectivity index (χ2v) is 9.88. The molecule has 0 saturated carbocycles. The van der Waals surface area contributed by atoms with E-state index in [1.807, 2.05) is 6.07 Å². The van der Waals surface area contributed by atoms with Crippen LogP contribution in [0.25, 0.3) is 16.7 Å². The van der Waals surface area contributed by atoms with Gasteiger partial charge in [-0.15, -0.1) is 0 Å². The Hall–Kier alpha value is -2.39. The number of benzene rings is 2. The van der Waals surface area contributed by atoms with E-state index in [0.29, 0.717) is 10.9 Å². The number of hydrogen-bond acceptors (Lipinski definition) is 3. The molecule has 2 aliphatic heterocycles. The molecule has 4 heteroatoms. The van der Waals surface area contributed by atoms with Crippen LogP contribution in [-0.2, 0) is 0 Å². The number of halogens is 1. The third-order valence-electron chi connectivity index (χ3n) is 6.56. The first-order valence-electron chi connectivity index (χ1n) is 10.8. The van der Waals surface area contributed by atoms with Gasteiger partial charge in [0.1, 0.15) is 17.6 Å². The highest BCUT2D eigenvalue weighted by atomic mass is 35.5. The molecule has 2 aromatic rings. The number of aromatic hydroxyl groups is 1. The van der Waals surface area contributed by atoms with Crippen LogP contribution in [0.4, 0.5) is 5.69 Å². The lowest BCUT2D eigenvalue weighted by Crippen LogP contribution is -2.33. The van der Waals surface area contributed by atoms with E-state index >= 15 is 0 Å². The van der Waals surface area contributed by atoms with Crippen LogP contribution in [0.3, 0.4) is 0 Å². The molecule has 0 saturated heterocycles. The zero-order valence-corrected chi connectivity index (χ0v) is 18.7. The second-order valence-electron chi connectivity index (χ2n) is 9.50. The van der Waals surface area contributed by atoms with E-state index in [9.17, 15) is 5.11 Å². The molecule has 0 amide bonds. The Kier molecular flexibility index (Phi) is 4.44. The average molecular weight is 422 g/mol. The second kappa shape index (κ2) is 6.81. The maximum Gasteiger partial charge on any atom is 0.135 e. The number of allylic oxidation sites excluding steroid dienone is 2. The van der Waals surface area contributed by atoms with Crippen molar-refractivity contribution in [3.8, 4) is 22.6 Å². The van der Waals surface area contributed by atoms with Crippen molar-refractivity contribution >= 4 is 22.9 Å². The van der Waals surface area contributed by atoms with Crippen LogP contribution in [0.2, 0.25) is 5.02 Å². The first-order valence-corrected chi connectivity index (χ1v) is 11.1. The van der Waals surface area contributed by atoms with Gasteiger partial charge in [0.15, 0.2) is 0 Å². The number of ether oxygens (including phenoxy) is 1. The van der Waals surface area contributed by atoms with E-state index in [0.717, 1.165) is 35.4 Å². The number of fused-ring (bicyclic) bond motifs is 5. The number of rotatable bonds is 1. The summed E-state index contributed by atoms with van der Waals surface area (Å²) < 4.78 is 6.65. The zero-order valence-electron chi connectivity index (χ0n) is 18.0. The van der Waals surface area contributed by atoms with E-state index < -0.39 is 0 Å². The molecule has 0 aromatic heterocycles. The SMILES string of the molecule is CC1=CC(C2Oc3ccc(O)c(Cl)c3-c3ccc4c(c32)C(C)=CC(C)(C)N4)CCC1. The lowest BCUT2D eigenvalue weighted by Gasteiger charge is -2.39. The summed E-state index contributed by atoms with van der Waals surface area (Å²) in [4.78, 5) is 0. The van der Waals surface area contributed by atoms with Crippen molar-refractivity contribution in [1.82, 2.24) is 0 Å². The van der Waals surface area contributed by atoms with Gasteiger partial charge in [-0.25, -0.2) is 0 Å². The normalized spacial score (nSPS) is 23.8. The largest absolute Gasteiger partial charge is 0.506 e. The molecule has 0 spiro atoms. The Morgan fingerprint density at radius 3 is 2.70 bits per heavy atom. The van der Waals surface area contributed by atoms with E-state index in [1.54, 1.807) is 6.07 Å². The van der Waals surface area contributed by atoms with E-state index in [4.69, 9.17) is 16.3 Å². The minimum Gasteiger partial charge on any atom is -0.506 e. The van der Waals surface area contributed by atoms with Crippen LogP contribution in [0.5, 0.6) is 11.5 Å². The van der Waals surface area contributed by atoms with Gasteiger partial charge < -0.3 is 15.2 Å². The molecular weight excluding hydrogens is 394 g/mol. The predicted octanol–water partition coefficient (Wildman–Crippen LogP) is 7.50. The fourth-order valence-corrected chi connectivity index (χ4v) is 5.70. The van der Waals surface area contributed by atoms with Gasteiger partial charge in [-0.3, -0.25) is 0 Å². The highest BCUT2D eigenvalue weighted by Gasteiger charge is 2.38. The van der Waals surface area contributed by atoms with Gasteiger partial charge in [-0.1, -0.05) is 35.4 Å². The molecule has 0 fully saturated rings.